The van der Waals surface area contributed by atoms with Crippen LogP contribution >= 0.6 is 0 Å². The Kier molecular flexibility index (Phi) is 1.56. The maximum Gasteiger partial charge on any atom is 0.309 e. The molecule has 5 unspecified atom stereocenters. The Balaban J connectivity index is 2.03. The van der Waals surface area contributed by atoms with Crippen LogP contribution in [-0.4, -0.2) is 12.1 Å². The van der Waals surface area contributed by atoms with E-state index in [1.165, 1.54) is 6.42 Å². The molecule has 0 N–H and O–H groups in total. The SMILES string of the molecule is CC(C)(C)C1C2OC(=O)C3CC1(C)CC32. The highest BCUT2D eigenvalue weighted by atomic mass is 16.6. The van der Waals surface area contributed by atoms with E-state index in [1.54, 1.807) is 0 Å². The molecule has 2 heteroatoms. The average molecular weight is 208 g/mol. The van der Waals surface area contributed by atoms with Crippen LogP contribution < -0.4 is 0 Å². The van der Waals surface area contributed by atoms with Crippen LogP contribution in [0.15, 0.2) is 0 Å². The lowest BCUT2D eigenvalue weighted by Crippen LogP contribution is -2.41. The van der Waals surface area contributed by atoms with Gasteiger partial charge >= 0.3 is 5.97 Å². The van der Waals surface area contributed by atoms with Crippen LogP contribution in [0.25, 0.3) is 0 Å². The second kappa shape index (κ2) is 2.41. The van der Waals surface area contributed by atoms with Crippen molar-refractivity contribution >= 4 is 5.97 Å². The molecule has 1 saturated heterocycles. The normalized spacial score (nSPS) is 52.4. The largest absolute Gasteiger partial charge is 0.461 e. The molecule has 84 valence electrons. The summed E-state index contributed by atoms with van der Waals surface area (Å²) in [4.78, 5) is 11.7. The second-order valence-electron chi connectivity index (χ2n) is 7.08. The van der Waals surface area contributed by atoms with Crippen molar-refractivity contribution in [1.29, 1.82) is 0 Å². The molecule has 3 rings (SSSR count). The number of ether oxygens (including phenoxy) is 1. The van der Waals surface area contributed by atoms with Gasteiger partial charge in [-0.25, -0.2) is 0 Å². The first-order valence-electron chi connectivity index (χ1n) is 6.03. The van der Waals surface area contributed by atoms with Gasteiger partial charge in [0.25, 0.3) is 0 Å². The van der Waals surface area contributed by atoms with Gasteiger partial charge in [-0.2, -0.15) is 0 Å². The molecule has 5 atom stereocenters. The summed E-state index contributed by atoms with van der Waals surface area (Å²) in [7, 11) is 0. The van der Waals surface area contributed by atoms with E-state index in [2.05, 4.69) is 27.7 Å². The van der Waals surface area contributed by atoms with E-state index in [4.69, 9.17) is 4.74 Å². The number of hydrogen-bond acceptors (Lipinski definition) is 2. The van der Waals surface area contributed by atoms with E-state index >= 15 is 0 Å². The highest BCUT2D eigenvalue weighted by molar-refractivity contribution is 5.76. The van der Waals surface area contributed by atoms with Gasteiger partial charge in [-0.3, -0.25) is 4.79 Å². The van der Waals surface area contributed by atoms with Crippen LogP contribution in [0.5, 0.6) is 0 Å². The second-order valence-corrected chi connectivity index (χ2v) is 7.08. The van der Waals surface area contributed by atoms with E-state index in [0.29, 0.717) is 17.3 Å². The van der Waals surface area contributed by atoms with E-state index in [9.17, 15) is 4.79 Å². The number of rotatable bonds is 0. The smallest absolute Gasteiger partial charge is 0.309 e. The molecule has 1 heterocycles. The minimum Gasteiger partial charge on any atom is -0.461 e. The van der Waals surface area contributed by atoms with Crippen LogP contribution in [0.3, 0.4) is 0 Å². The molecule has 0 aromatic rings. The van der Waals surface area contributed by atoms with Crippen LogP contribution in [0, 0.1) is 28.6 Å². The zero-order chi connectivity index (χ0) is 11.0. The Morgan fingerprint density at radius 2 is 2.00 bits per heavy atom. The fraction of sp³-hybridized carbons (Fsp3) is 0.923. The molecule has 0 radical (unpaired) electrons. The van der Waals surface area contributed by atoms with Gasteiger partial charge in [0.05, 0.1) is 5.92 Å². The van der Waals surface area contributed by atoms with E-state index in [0.717, 1.165) is 6.42 Å². The summed E-state index contributed by atoms with van der Waals surface area (Å²) >= 11 is 0. The van der Waals surface area contributed by atoms with Crippen LogP contribution in [-0.2, 0) is 9.53 Å². The number of carbonyl (C=O) groups is 1. The summed E-state index contributed by atoms with van der Waals surface area (Å²) in [6.45, 7) is 9.21. The van der Waals surface area contributed by atoms with Crippen molar-refractivity contribution in [2.45, 2.75) is 46.6 Å². The lowest BCUT2D eigenvalue weighted by molar-refractivity contribution is -0.145. The van der Waals surface area contributed by atoms with Gasteiger partial charge in [0, 0.05) is 11.8 Å². The van der Waals surface area contributed by atoms with Crippen LogP contribution in [0.4, 0.5) is 0 Å². The van der Waals surface area contributed by atoms with Crippen LogP contribution in [0.1, 0.15) is 40.5 Å². The molecule has 15 heavy (non-hydrogen) atoms. The molecule has 2 aliphatic carbocycles. The first-order chi connectivity index (χ1) is 6.83. The molecular formula is C13H20O2. The summed E-state index contributed by atoms with van der Waals surface area (Å²) in [6, 6.07) is 0. The van der Waals surface area contributed by atoms with Gasteiger partial charge in [0.15, 0.2) is 0 Å². The van der Waals surface area contributed by atoms with Crippen molar-refractivity contribution in [2.75, 3.05) is 0 Å². The Morgan fingerprint density at radius 3 is 2.60 bits per heavy atom. The van der Waals surface area contributed by atoms with Crippen molar-refractivity contribution in [3.8, 4) is 0 Å². The predicted molar refractivity (Wildman–Crippen MR) is 57.1 cm³/mol. The van der Waals surface area contributed by atoms with E-state index in [-0.39, 0.29) is 23.4 Å². The molecule has 1 aliphatic heterocycles. The maximum atomic E-state index is 11.7. The lowest BCUT2D eigenvalue weighted by atomic mass is 9.62. The number of fused-ring (bicyclic) bond motifs is 1. The molecule has 3 fully saturated rings. The van der Waals surface area contributed by atoms with Gasteiger partial charge in [-0.1, -0.05) is 27.7 Å². The number of esters is 1. The molecular weight excluding hydrogens is 188 g/mol. The van der Waals surface area contributed by atoms with Crippen molar-refractivity contribution in [3.63, 3.8) is 0 Å². The summed E-state index contributed by atoms with van der Waals surface area (Å²) < 4.78 is 5.60. The molecule has 0 amide bonds. The average Bonchev–Trinajstić information content (AvgIpc) is 2.56. The molecule has 3 aliphatic rings. The Bertz CT molecular complexity index is 328. The predicted octanol–water partition coefficient (Wildman–Crippen LogP) is 2.62. The van der Waals surface area contributed by atoms with Gasteiger partial charge < -0.3 is 4.74 Å². The molecule has 0 aromatic carbocycles. The van der Waals surface area contributed by atoms with Gasteiger partial charge in [0.1, 0.15) is 6.10 Å². The monoisotopic (exact) mass is 208 g/mol. The first kappa shape index (κ1) is 9.68. The van der Waals surface area contributed by atoms with Gasteiger partial charge in [0.2, 0.25) is 0 Å². The standard InChI is InChI=1S/C13H20O2/c1-12(2,3)10-9-7-5-13(10,4)6-8(7)11(14)15-9/h7-10H,5-6H2,1-4H3. The first-order valence-corrected chi connectivity index (χ1v) is 6.03. The molecule has 0 aromatic heterocycles. The summed E-state index contributed by atoms with van der Waals surface area (Å²) in [5.74, 6) is 1.41. The third kappa shape index (κ3) is 1.03. The zero-order valence-electron chi connectivity index (χ0n) is 10.0. The number of carbonyl (C=O) groups excluding carboxylic acids is 1. The lowest BCUT2D eigenvalue weighted by Gasteiger charge is -2.42. The van der Waals surface area contributed by atoms with E-state index in [1.807, 2.05) is 0 Å². The van der Waals surface area contributed by atoms with Gasteiger partial charge in [-0.15, -0.1) is 0 Å². The number of hydrogen-bond donors (Lipinski definition) is 0. The summed E-state index contributed by atoms with van der Waals surface area (Å²) in [5, 5.41) is 0. The van der Waals surface area contributed by atoms with Crippen molar-refractivity contribution < 1.29 is 9.53 Å². The van der Waals surface area contributed by atoms with Crippen molar-refractivity contribution in [3.05, 3.63) is 0 Å². The highest BCUT2D eigenvalue weighted by Crippen LogP contribution is 2.67. The molecule has 0 spiro atoms. The van der Waals surface area contributed by atoms with Crippen molar-refractivity contribution in [2.24, 2.45) is 28.6 Å². The molecule has 2 nitrogen and oxygen atoms in total. The molecule has 2 saturated carbocycles. The Labute approximate surface area is 91.4 Å². The van der Waals surface area contributed by atoms with E-state index < -0.39 is 0 Å². The zero-order valence-corrected chi connectivity index (χ0v) is 10.0. The third-order valence-corrected chi connectivity index (χ3v) is 4.89. The topological polar surface area (TPSA) is 26.3 Å². The van der Waals surface area contributed by atoms with Crippen molar-refractivity contribution in [1.82, 2.24) is 0 Å². The minimum atomic E-state index is 0.0838. The summed E-state index contributed by atoms with van der Waals surface area (Å²) in [5.41, 5.74) is 0.605. The summed E-state index contributed by atoms with van der Waals surface area (Å²) in [6.07, 6.45) is 2.49. The quantitative estimate of drug-likeness (QED) is 0.572. The Hall–Kier alpha value is -0.530. The van der Waals surface area contributed by atoms with Gasteiger partial charge in [-0.05, 0) is 23.7 Å². The minimum absolute atomic E-state index is 0.0838. The fourth-order valence-corrected chi connectivity index (χ4v) is 4.83. The molecule has 2 bridgehead atoms. The highest BCUT2D eigenvalue weighted by Gasteiger charge is 2.68. The Morgan fingerprint density at radius 1 is 1.33 bits per heavy atom. The maximum absolute atomic E-state index is 11.7. The fourth-order valence-electron chi connectivity index (χ4n) is 4.83. The van der Waals surface area contributed by atoms with Crippen LogP contribution in [0.2, 0.25) is 0 Å². The third-order valence-electron chi connectivity index (χ3n) is 4.89.